The lowest BCUT2D eigenvalue weighted by Crippen LogP contribution is -2.24. The third kappa shape index (κ3) is 2.14. The zero-order chi connectivity index (χ0) is 10.6. The van der Waals surface area contributed by atoms with Crippen molar-refractivity contribution in [1.29, 1.82) is 0 Å². The molecular weight excluding hydrogens is 168 g/mol. The Morgan fingerprint density at radius 3 is 2.00 bits per heavy atom. The zero-order valence-corrected chi connectivity index (χ0v) is 9.46. The highest BCUT2D eigenvalue weighted by Crippen LogP contribution is 2.04. The maximum absolute atomic E-state index is 2.24. The summed E-state index contributed by atoms with van der Waals surface area (Å²) in [4.78, 5) is 0. The molecule has 0 aliphatic heterocycles. The average molecular weight is 186 g/mol. The van der Waals surface area contributed by atoms with Crippen molar-refractivity contribution in [2.24, 2.45) is 0 Å². The van der Waals surface area contributed by atoms with Crippen molar-refractivity contribution in [1.82, 2.24) is 0 Å². The van der Waals surface area contributed by atoms with E-state index < -0.39 is 0 Å². The second-order valence-electron chi connectivity index (χ2n) is 3.42. The van der Waals surface area contributed by atoms with E-state index in [1.807, 2.05) is 0 Å². The fraction of sp³-hybridized carbons (Fsp3) is 0.286. The van der Waals surface area contributed by atoms with Crippen molar-refractivity contribution in [2.75, 3.05) is 0 Å². The van der Waals surface area contributed by atoms with Gasteiger partial charge in [0.1, 0.15) is 0 Å². The fourth-order valence-electron chi connectivity index (χ4n) is 1.62. The SMILES string of the molecule is C/C=C\c1cc(=C/C)/c(=C\C)cc1C. The van der Waals surface area contributed by atoms with Gasteiger partial charge >= 0.3 is 0 Å². The minimum absolute atomic E-state index is 1.31. The van der Waals surface area contributed by atoms with Crippen LogP contribution < -0.4 is 10.4 Å². The molecule has 0 bridgehead atoms. The molecule has 0 unspecified atom stereocenters. The van der Waals surface area contributed by atoms with E-state index in [-0.39, 0.29) is 0 Å². The molecule has 1 aromatic rings. The van der Waals surface area contributed by atoms with Gasteiger partial charge in [-0.2, -0.15) is 0 Å². The molecule has 14 heavy (non-hydrogen) atoms. The second kappa shape index (κ2) is 4.80. The summed E-state index contributed by atoms with van der Waals surface area (Å²) in [6, 6.07) is 4.48. The molecule has 0 spiro atoms. The normalized spacial score (nSPS) is 14.3. The molecule has 0 aliphatic carbocycles. The van der Waals surface area contributed by atoms with Crippen LogP contribution in [0.3, 0.4) is 0 Å². The van der Waals surface area contributed by atoms with Gasteiger partial charge in [-0.25, -0.2) is 0 Å². The van der Waals surface area contributed by atoms with Crippen molar-refractivity contribution >= 4 is 18.2 Å². The predicted molar refractivity (Wildman–Crippen MR) is 65.4 cm³/mol. The standard InChI is InChI=1S/C14H18/c1-5-8-14-10-13(7-3)12(6-2)9-11(14)4/h5-10H,1-4H3/b8-5-,12-6-,13-7-. The third-order valence-corrected chi connectivity index (χ3v) is 2.44. The maximum Gasteiger partial charge on any atom is -0.0224 e. The van der Waals surface area contributed by atoms with E-state index in [4.69, 9.17) is 0 Å². The number of hydrogen-bond acceptors (Lipinski definition) is 0. The number of aryl methyl sites for hydroxylation is 1. The topological polar surface area (TPSA) is 0 Å². The first kappa shape index (κ1) is 10.8. The van der Waals surface area contributed by atoms with E-state index in [0.29, 0.717) is 0 Å². The molecule has 0 heteroatoms. The molecule has 0 N–H and O–H groups in total. The van der Waals surface area contributed by atoms with Crippen molar-refractivity contribution in [2.45, 2.75) is 27.7 Å². The highest BCUT2D eigenvalue weighted by atomic mass is 14.0. The Balaban J connectivity index is 3.55. The van der Waals surface area contributed by atoms with E-state index in [1.165, 1.54) is 21.6 Å². The van der Waals surface area contributed by atoms with Crippen molar-refractivity contribution < 1.29 is 0 Å². The number of allylic oxidation sites excluding steroid dienone is 1. The molecule has 0 saturated heterocycles. The van der Waals surface area contributed by atoms with Gasteiger partial charge in [0.15, 0.2) is 0 Å². The molecule has 0 fully saturated rings. The lowest BCUT2D eigenvalue weighted by molar-refractivity contribution is 1.37. The molecule has 0 amide bonds. The molecule has 0 aliphatic rings. The largest absolute Gasteiger partial charge is 0.0871 e. The van der Waals surface area contributed by atoms with Gasteiger partial charge in [0.2, 0.25) is 0 Å². The molecule has 0 heterocycles. The summed E-state index contributed by atoms with van der Waals surface area (Å²) in [5.74, 6) is 0. The lowest BCUT2D eigenvalue weighted by atomic mass is 10.0. The minimum Gasteiger partial charge on any atom is -0.0871 e. The predicted octanol–water partition coefficient (Wildman–Crippen LogP) is 2.63. The summed E-state index contributed by atoms with van der Waals surface area (Å²) in [6.45, 7) is 8.37. The van der Waals surface area contributed by atoms with Crippen LogP contribution in [0.15, 0.2) is 18.2 Å². The Hall–Kier alpha value is -1.30. The van der Waals surface area contributed by atoms with E-state index in [2.05, 4.69) is 64.1 Å². The van der Waals surface area contributed by atoms with Crippen LogP contribution in [0.25, 0.3) is 18.2 Å². The van der Waals surface area contributed by atoms with Crippen LogP contribution in [-0.4, -0.2) is 0 Å². The average Bonchev–Trinajstić information content (AvgIpc) is 2.20. The van der Waals surface area contributed by atoms with Crippen LogP contribution in [0.4, 0.5) is 0 Å². The Bertz CT molecular complexity index is 448. The first-order chi connectivity index (χ1) is 6.72. The molecular formula is C14H18. The van der Waals surface area contributed by atoms with Gasteiger partial charge in [-0.3, -0.25) is 0 Å². The van der Waals surface area contributed by atoms with Gasteiger partial charge in [0.05, 0.1) is 0 Å². The van der Waals surface area contributed by atoms with Crippen LogP contribution in [-0.2, 0) is 0 Å². The first-order valence-electron chi connectivity index (χ1n) is 5.09. The van der Waals surface area contributed by atoms with E-state index in [0.717, 1.165) is 0 Å². The van der Waals surface area contributed by atoms with Gasteiger partial charge in [-0.15, -0.1) is 0 Å². The second-order valence-corrected chi connectivity index (χ2v) is 3.42. The third-order valence-electron chi connectivity index (χ3n) is 2.44. The quantitative estimate of drug-likeness (QED) is 0.632. The van der Waals surface area contributed by atoms with E-state index in [1.54, 1.807) is 0 Å². The molecule has 0 aromatic heterocycles. The molecule has 0 atom stereocenters. The number of hydrogen-bond donors (Lipinski definition) is 0. The van der Waals surface area contributed by atoms with Crippen LogP contribution in [0, 0.1) is 6.92 Å². The van der Waals surface area contributed by atoms with E-state index >= 15 is 0 Å². The Morgan fingerprint density at radius 1 is 0.929 bits per heavy atom. The summed E-state index contributed by atoms with van der Waals surface area (Å²) in [7, 11) is 0. The lowest BCUT2D eigenvalue weighted by Gasteiger charge is -2.00. The summed E-state index contributed by atoms with van der Waals surface area (Å²) >= 11 is 0. The zero-order valence-electron chi connectivity index (χ0n) is 9.46. The van der Waals surface area contributed by atoms with Gasteiger partial charge in [0.25, 0.3) is 0 Å². The molecule has 0 nitrogen and oxygen atoms in total. The van der Waals surface area contributed by atoms with E-state index in [9.17, 15) is 0 Å². The van der Waals surface area contributed by atoms with Crippen LogP contribution in [0.2, 0.25) is 0 Å². The van der Waals surface area contributed by atoms with Crippen LogP contribution in [0.1, 0.15) is 31.9 Å². The monoisotopic (exact) mass is 186 g/mol. The van der Waals surface area contributed by atoms with Gasteiger partial charge in [0, 0.05) is 0 Å². The smallest absolute Gasteiger partial charge is 0.0224 e. The van der Waals surface area contributed by atoms with Crippen LogP contribution >= 0.6 is 0 Å². The van der Waals surface area contributed by atoms with Crippen LogP contribution in [0.5, 0.6) is 0 Å². The molecule has 0 saturated carbocycles. The summed E-state index contributed by atoms with van der Waals surface area (Å²) in [5.41, 5.74) is 2.65. The molecule has 0 radical (unpaired) electrons. The summed E-state index contributed by atoms with van der Waals surface area (Å²) in [6.07, 6.45) is 8.54. The fourth-order valence-corrected chi connectivity index (χ4v) is 1.62. The first-order valence-corrected chi connectivity index (χ1v) is 5.09. The molecule has 1 rings (SSSR count). The number of benzene rings is 1. The molecule has 1 aromatic carbocycles. The Morgan fingerprint density at radius 2 is 1.50 bits per heavy atom. The van der Waals surface area contributed by atoms with Gasteiger partial charge in [-0.05, 0) is 55.3 Å². The minimum atomic E-state index is 1.31. The highest BCUT2D eigenvalue weighted by Gasteiger charge is 1.93. The van der Waals surface area contributed by atoms with Crippen molar-refractivity contribution in [3.05, 3.63) is 39.8 Å². The Labute approximate surface area is 86.3 Å². The Kier molecular flexibility index (Phi) is 3.70. The number of rotatable bonds is 1. The van der Waals surface area contributed by atoms with Gasteiger partial charge in [-0.1, -0.05) is 30.4 Å². The van der Waals surface area contributed by atoms with Gasteiger partial charge < -0.3 is 0 Å². The maximum atomic E-state index is 2.24. The van der Waals surface area contributed by atoms with Crippen molar-refractivity contribution in [3.63, 3.8) is 0 Å². The summed E-state index contributed by atoms with van der Waals surface area (Å²) < 4.78 is 0. The summed E-state index contributed by atoms with van der Waals surface area (Å²) in [5, 5.41) is 2.63. The van der Waals surface area contributed by atoms with Crippen molar-refractivity contribution in [3.8, 4) is 0 Å². The molecule has 74 valence electrons. The highest BCUT2D eigenvalue weighted by molar-refractivity contribution is 5.54.